The van der Waals surface area contributed by atoms with Crippen LogP contribution in [0.5, 0.6) is 0 Å². The second kappa shape index (κ2) is 6.71. The highest BCUT2D eigenvalue weighted by molar-refractivity contribution is 6.31. The zero-order valence-electron chi connectivity index (χ0n) is 14.0. The standard InChI is InChI=1S/C19H30ClN/c1-13-5-6-14(18(20)9-13)10-16-11-17(19(2,3)4)8-7-15(16)12-21/h5-6,9,15-17H,7-8,10-12,21H2,1-4H3. The van der Waals surface area contributed by atoms with Gasteiger partial charge < -0.3 is 5.73 Å². The zero-order chi connectivity index (χ0) is 15.6. The number of hydrogen-bond acceptors (Lipinski definition) is 1. The maximum Gasteiger partial charge on any atom is 0.0440 e. The number of nitrogens with two attached hydrogens (primary N) is 1. The lowest BCUT2D eigenvalue weighted by atomic mass is 9.64. The molecule has 1 nitrogen and oxygen atoms in total. The van der Waals surface area contributed by atoms with Gasteiger partial charge in [0.15, 0.2) is 0 Å². The Balaban J connectivity index is 2.14. The van der Waals surface area contributed by atoms with Crippen LogP contribution in [0.1, 0.15) is 51.2 Å². The summed E-state index contributed by atoms with van der Waals surface area (Å²) in [6, 6.07) is 6.45. The smallest absolute Gasteiger partial charge is 0.0440 e. The molecule has 2 rings (SSSR count). The molecule has 0 radical (unpaired) electrons. The molecule has 1 aromatic rings. The molecule has 2 heteroatoms. The van der Waals surface area contributed by atoms with E-state index in [9.17, 15) is 0 Å². The fraction of sp³-hybridized carbons (Fsp3) is 0.684. The lowest BCUT2D eigenvalue weighted by Crippen LogP contribution is -2.36. The minimum absolute atomic E-state index is 0.398. The third kappa shape index (κ3) is 4.23. The Kier molecular flexibility index (Phi) is 5.38. The highest BCUT2D eigenvalue weighted by Crippen LogP contribution is 2.44. The molecule has 0 heterocycles. The van der Waals surface area contributed by atoms with Crippen LogP contribution in [0.3, 0.4) is 0 Å². The summed E-state index contributed by atoms with van der Waals surface area (Å²) in [7, 11) is 0. The Labute approximate surface area is 135 Å². The molecule has 1 aliphatic carbocycles. The van der Waals surface area contributed by atoms with Gasteiger partial charge in [-0.25, -0.2) is 0 Å². The van der Waals surface area contributed by atoms with E-state index < -0.39 is 0 Å². The molecule has 2 N–H and O–H groups in total. The third-order valence-electron chi connectivity index (χ3n) is 5.36. The number of rotatable bonds is 3. The molecule has 1 fully saturated rings. The highest BCUT2D eigenvalue weighted by Gasteiger charge is 2.35. The Morgan fingerprint density at radius 2 is 1.90 bits per heavy atom. The molecule has 0 bridgehead atoms. The minimum atomic E-state index is 0.398. The molecule has 3 unspecified atom stereocenters. The summed E-state index contributed by atoms with van der Waals surface area (Å²) in [5, 5.41) is 0.920. The summed E-state index contributed by atoms with van der Waals surface area (Å²) >= 11 is 6.43. The number of benzene rings is 1. The summed E-state index contributed by atoms with van der Waals surface area (Å²) in [6.45, 7) is 10.0. The van der Waals surface area contributed by atoms with Gasteiger partial charge in [0.2, 0.25) is 0 Å². The lowest BCUT2D eigenvalue weighted by Gasteiger charge is -2.42. The van der Waals surface area contributed by atoms with Gasteiger partial charge in [0.25, 0.3) is 0 Å². The number of aryl methyl sites for hydroxylation is 1. The lowest BCUT2D eigenvalue weighted by molar-refractivity contribution is 0.101. The Morgan fingerprint density at radius 3 is 2.48 bits per heavy atom. The van der Waals surface area contributed by atoms with Crippen LogP contribution >= 0.6 is 11.6 Å². The van der Waals surface area contributed by atoms with Gasteiger partial charge in [-0.1, -0.05) is 44.5 Å². The predicted octanol–water partition coefficient (Wildman–Crippen LogP) is 5.23. The van der Waals surface area contributed by atoms with Crippen molar-refractivity contribution in [3.63, 3.8) is 0 Å². The Morgan fingerprint density at radius 1 is 1.19 bits per heavy atom. The largest absolute Gasteiger partial charge is 0.330 e. The SMILES string of the molecule is Cc1ccc(CC2CC(C(C)(C)C)CCC2CN)c(Cl)c1. The quantitative estimate of drug-likeness (QED) is 0.813. The van der Waals surface area contributed by atoms with Crippen molar-refractivity contribution < 1.29 is 0 Å². The second-order valence-electron chi connectivity index (χ2n) is 7.93. The molecule has 3 atom stereocenters. The van der Waals surface area contributed by atoms with Gasteiger partial charge in [-0.05, 0) is 79.5 Å². The molecule has 1 saturated carbocycles. The summed E-state index contributed by atoms with van der Waals surface area (Å²) in [5.41, 5.74) is 8.95. The predicted molar refractivity (Wildman–Crippen MR) is 92.7 cm³/mol. The molecule has 0 saturated heterocycles. The van der Waals surface area contributed by atoms with Gasteiger partial charge in [0.1, 0.15) is 0 Å². The van der Waals surface area contributed by atoms with Gasteiger partial charge in [0, 0.05) is 5.02 Å². The van der Waals surface area contributed by atoms with Crippen molar-refractivity contribution in [2.75, 3.05) is 6.54 Å². The average Bonchev–Trinajstić information content (AvgIpc) is 2.41. The first-order valence-electron chi connectivity index (χ1n) is 8.26. The van der Waals surface area contributed by atoms with E-state index in [-0.39, 0.29) is 0 Å². The van der Waals surface area contributed by atoms with E-state index in [1.165, 1.54) is 30.4 Å². The summed E-state index contributed by atoms with van der Waals surface area (Å²) in [6.07, 6.45) is 4.96. The summed E-state index contributed by atoms with van der Waals surface area (Å²) in [5.74, 6) is 2.13. The van der Waals surface area contributed by atoms with Crippen molar-refractivity contribution in [2.24, 2.45) is 28.9 Å². The number of halogens is 1. The molecule has 1 aliphatic rings. The van der Waals surface area contributed by atoms with Crippen LogP contribution in [0, 0.1) is 30.1 Å². The molecule has 0 spiro atoms. The zero-order valence-corrected chi connectivity index (χ0v) is 14.7. The first-order valence-corrected chi connectivity index (χ1v) is 8.64. The van der Waals surface area contributed by atoms with Crippen molar-refractivity contribution >= 4 is 11.6 Å². The van der Waals surface area contributed by atoms with Gasteiger partial charge in [-0.2, -0.15) is 0 Å². The van der Waals surface area contributed by atoms with Crippen molar-refractivity contribution in [1.82, 2.24) is 0 Å². The van der Waals surface area contributed by atoms with Crippen LogP contribution in [0.25, 0.3) is 0 Å². The van der Waals surface area contributed by atoms with Crippen LogP contribution in [-0.4, -0.2) is 6.54 Å². The van der Waals surface area contributed by atoms with E-state index in [0.717, 1.165) is 23.9 Å². The van der Waals surface area contributed by atoms with Gasteiger partial charge >= 0.3 is 0 Å². The fourth-order valence-electron chi connectivity index (χ4n) is 3.77. The van der Waals surface area contributed by atoms with E-state index in [4.69, 9.17) is 17.3 Å². The molecular formula is C19H30ClN. The normalized spacial score (nSPS) is 26.9. The maximum atomic E-state index is 6.43. The van der Waals surface area contributed by atoms with E-state index in [2.05, 4.69) is 45.9 Å². The monoisotopic (exact) mass is 307 g/mol. The Hall–Kier alpha value is -0.530. The van der Waals surface area contributed by atoms with Crippen molar-refractivity contribution in [1.29, 1.82) is 0 Å². The van der Waals surface area contributed by atoms with E-state index in [1.807, 2.05) is 0 Å². The van der Waals surface area contributed by atoms with Gasteiger partial charge in [0.05, 0.1) is 0 Å². The molecule has 21 heavy (non-hydrogen) atoms. The highest BCUT2D eigenvalue weighted by atomic mass is 35.5. The topological polar surface area (TPSA) is 26.0 Å². The molecule has 118 valence electrons. The second-order valence-corrected chi connectivity index (χ2v) is 8.34. The van der Waals surface area contributed by atoms with Gasteiger partial charge in [-0.15, -0.1) is 0 Å². The van der Waals surface area contributed by atoms with E-state index >= 15 is 0 Å². The molecular weight excluding hydrogens is 278 g/mol. The molecule has 0 aliphatic heterocycles. The third-order valence-corrected chi connectivity index (χ3v) is 5.71. The van der Waals surface area contributed by atoms with Gasteiger partial charge in [-0.3, -0.25) is 0 Å². The van der Waals surface area contributed by atoms with Crippen molar-refractivity contribution in [2.45, 2.75) is 53.4 Å². The Bertz CT molecular complexity index is 475. The van der Waals surface area contributed by atoms with Crippen LogP contribution in [0.2, 0.25) is 5.02 Å². The summed E-state index contributed by atoms with van der Waals surface area (Å²) < 4.78 is 0. The average molecular weight is 308 g/mol. The van der Waals surface area contributed by atoms with Crippen LogP contribution in [0.15, 0.2) is 18.2 Å². The maximum absolute atomic E-state index is 6.43. The number of hydrogen-bond donors (Lipinski definition) is 1. The first-order chi connectivity index (χ1) is 9.81. The van der Waals surface area contributed by atoms with E-state index in [1.54, 1.807) is 0 Å². The van der Waals surface area contributed by atoms with Crippen molar-refractivity contribution in [3.8, 4) is 0 Å². The van der Waals surface area contributed by atoms with Crippen LogP contribution in [-0.2, 0) is 6.42 Å². The molecule has 0 amide bonds. The van der Waals surface area contributed by atoms with E-state index in [0.29, 0.717) is 17.3 Å². The summed E-state index contributed by atoms with van der Waals surface area (Å²) in [4.78, 5) is 0. The van der Waals surface area contributed by atoms with Crippen molar-refractivity contribution in [3.05, 3.63) is 34.3 Å². The van der Waals surface area contributed by atoms with Crippen LogP contribution in [0.4, 0.5) is 0 Å². The first kappa shape index (κ1) is 16.8. The molecule has 1 aromatic carbocycles. The fourth-order valence-corrected chi connectivity index (χ4v) is 4.09. The molecule has 0 aromatic heterocycles. The van der Waals surface area contributed by atoms with Crippen LogP contribution < -0.4 is 5.73 Å². The minimum Gasteiger partial charge on any atom is -0.330 e.